The maximum absolute atomic E-state index is 13.0. The van der Waals surface area contributed by atoms with Crippen molar-refractivity contribution in [3.8, 4) is 11.3 Å². The number of aliphatic hydroxyl groups excluding tert-OH is 1. The maximum atomic E-state index is 13.0. The molecule has 0 unspecified atom stereocenters. The van der Waals surface area contributed by atoms with Crippen LogP contribution in [0, 0.1) is 0 Å². The Bertz CT molecular complexity index is 1590. The Labute approximate surface area is 230 Å². The number of rotatable bonds is 5. The van der Waals surface area contributed by atoms with Crippen molar-refractivity contribution in [3.63, 3.8) is 0 Å². The number of imidazole rings is 1. The van der Waals surface area contributed by atoms with Gasteiger partial charge in [-0.15, -0.1) is 0 Å². The summed E-state index contributed by atoms with van der Waals surface area (Å²) >= 11 is 6.52. The normalized spacial score (nSPS) is 15.8. The first kappa shape index (κ1) is 27.3. The fraction of sp³-hybridized carbons (Fsp3) is 0.269. The molecule has 0 bridgehead atoms. The van der Waals surface area contributed by atoms with Gasteiger partial charge >= 0.3 is 6.18 Å². The number of likely N-dealkylation sites (tertiary alicyclic amines) is 1. The number of aromatic nitrogens is 4. The second kappa shape index (κ2) is 10.7. The molecule has 3 aromatic heterocycles. The van der Waals surface area contributed by atoms with Gasteiger partial charge in [-0.25, -0.2) is 15.0 Å². The molecule has 1 aliphatic rings. The third kappa shape index (κ3) is 5.29. The minimum absolute atomic E-state index is 0.176. The Morgan fingerprint density at radius 2 is 1.93 bits per heavy atom. The minimum atomic E-state index is -4.57. The number of fused-ring (bicyclic) bond motifs is 1. The quantitative estimate of drug-likeness (QED) is 0.328. The van der Waals surface area contributed by atoms with Gasteiger partial charge in [-0.2, -0.15) is 13.2 Å². The second-order valence-electron chi connectivity index (χ2n) is 9.26. The van der Waals surface area contributed by atoms with Crippen LogP contribution in [0.25, 0.3) is 16.8 Å². The van der Waals surface area contributed by atoms with E-state index in [4.69, 9.17) is 22.3 Å². The summed E-state index contributed by atoms with van der Waals surface area (Å²) in [5, 5.41) is 11.9. The summed E-state index contributed by atoms with van der Waals surface area (Å²) in [7, 11) is 0. The lowest BCUT2D eigenvalue weighted by atomic mass is 9.97. The Kier molecular flexibility index (Phi) is 7.34. The van der Waals surface area contributed by atoms with Crippen molar-refractivity contribution >= 4 is 40.6 Å². The van der Waals surface area contributed by atoms with Crippen LogP contribution >= 0.6 is 11.6 Å². The topological polar surface area (TPSA) is 139 Å². The molecule has 1 atom stereocenters. The van der Waals surface area contributed by atoms with E-state index in [1.165, 1.54) is 18.3 Å². The molecule has 2 amide bonds. The predicted octanol–water partition coefficient (Wildman–Crippen LogP) is 4.00. The fourth-order valence-electron chi connectivity index (χ4n) is 4.76. The van der Waals surface area contributed by atoms with Gasteiger partial charge in [0.15, 0.2) is 0 Å². The maximum Gasteiger partial charge on any atom is 0.416 e. The molecule has 40 heavy (non-hydrogen) atoms. The Morgan fingerprint density at radius 1 is 1.18 bits per heavy atom. The number of nitrogens with zero attached hydrogens (tertiary/aromatic N) is 5. The van der Waals surface area contributed by atoms with Crippen LogP contribution in [0.5, 0.6) is 0 Å². The average Bonchev–Trinajstić information content (AvgIpc) is 3.36. The van der Waals surface area contributed by atoms with E-state index < -0.39 is 24.3 Å². The number of piperidine rings is 1. The molecule has 1 aliphatic heterocycles. The van der Waals surface area contributed by atoms with Crippen molar-refractivity contribution in [1.29, 1.82) is 0 Å². The summed E-state index contributed by atoms with van der Waals surface area (Å²) in [6.07, 6.45) is -0.746. The van der Waals surface area contributed by atoms with Gasteiger partial charge in [0.25, 0.3) is 5.91 Å². The average molecular weight is 574 g/mol. The molecule has 4 N–H and O–H groups in total. The van der Waals surface area contributed by atoms with Crippen molar-refractivity contribution in [3.05, 3.63) is 70.9 Å². The molecule has 208 valence electrons. The first-order valence-corrected chi connectivity index (χ1v) is 12.6. The molecule has 0 saturated carbocycles. The molecule has 4 heterocycles. The van der Waals surface area contributed by atoms with Gasteiger partial charge in [0.2, 0.25) is 5.91 Å². The first-order valence-electron chi connectivity index (χ1n) is 12.2. The minimum Gasteiger partial charge on any atom is -0.387 e. The second-order valence-corrected chi connectivity index (χ2v) is 9.65. The lowest BCUT2D eigenvalue weighted by Crippen LogP contribution is -2.41. The number of benzene rings is 1. The number of amides is 2. The number of nitrogen functional groups attached to an aromatic ring is 1. The van der Waals surface area contributed by atoms with Gasteiger partial charge in [-0.1, -0.05) is 23.7 Å². The van der Waals surface area contributed by atoms with E-state index in [0.29, 0.717) is 42.1 Å². The highest BCUT2D eigenvalue weighted by molar-refractivity contribution is 6.30. The predicted molar refractivity (Wildman–Crippen MR) is 141 cm³/mol. The monoisotopic (exact) mass is 573 g/mol. The standard InChI is InChI=1S/C26H23ClF3N7O3/c27-18-11-33-23(31)22-21(35-24(37(18)22)16-2-1-9-36(12-16)20(39)13-38)14-3-5-15(6-4-14)25(40)34-19-10-17(7-8-32-19)26(28,29)30/h3-8,10-11,16,38H,1-2,9,12-13H2,(H2,31,33)(H,32,34,40)/t16-/m1/s1. The van der Waals surface area contributed by atoms with Crippen LogP contribution in [-0.2, 0) is 11.0 Å². The molecule has 4 aromatic rings. The summed E-state index contributed by atoms with van der Waals surface area (Å²) in [6, 6.07) is 7.83. The molecule has 1 aromatic carbocycles. The van der Waals surface area contributed by atoms with Crippen LogP contribution in [0.4, 0.5) is 24.8 Å². The Hall–Kier alpha value is -4.23. The van der Waals surface area contributed by atoms with Gasteiger partial charge in [0.1, 0.15) is 40.4 Å². The van der Waals surface area contributed by atoms with Gasteiger partial charge in [0.05, 0.1) is 11.8 Å². The lowest BCUT2D eigenvalue weighted by molar-refractivity contribution is -0.137. The fourth-order valence-corrected chi connectivity index (χ4v) is 4.98. The third-order valence-corrected chi connectivity index (χ3v) is 6.96. The molecule has 0 spiro atoms. The molecule has 10 nitrogen and oxygen atoms in total. The smallest absolute Gasteiger partial charge is 0.387 e. The van der Waals surface area contributed by atoms with Crippen molar-refractivity contribution < 1.29 is 27.9 Å². The van der Waals surface area contributed by atoms with Crippen molar-refractivity contribution in [2.75, 3.05) is 30.7 Å². The van der Waals surface area contributed by atoms with Crippen LogP contribution in [0.3, 0.4) is 0 Å². The van der Waals surface area contributed by atoms with E-state index >= 15 is 0 Å². The number of pyridine rings is 1. The molecular formula is C26H23ClF3N7O3. The molecule has 1 saturated heterocycles. The number of hydrogen-bond donors (Lipinski definition) is 3. The van der Waals surface area contributed by atoms with Gasteiger partial charge in [-0.05, 0) is 37.1 Å². The molecule has 0 aliphatic carbocycles. The molecular weight excluding hydrogens is 551 g/mol. The molecule has 0 radical (unpaired) electrons. The number of alkyl halides is 3. The van der Waals surface area contributed by atoms with Gasteiger partial charge in [-0.3, -0.25) is 14.0 Å². The number of hydrogen-bond acceptors (Lipinski definition) is 7. The van der Waals surface area contributed by atoms with Crippen LogP contribution in [0.2, 0.25) is 5.15 Å². The Morgan fingerprint density at radius 3 is 2.62 bits per heavy atom. The van der Waals surface area contributed by atoms with E-state index in [9.17, 15) is 27.9 Å². The van der Waals surface area contributed by atoms with Gasteiger partial charge < -0.3 is 21.1 Å². The van der Waals surface area contributed by atoms with Crippen LogP contribution in [-0.4, -0.2) is 60.9 Å². The highest BCUT2D eigenvalue weighted by Gasteiger charge is 2.31. The highest BCUT2D eigenvalue weighted by atomic mass is 35.5. The molecule has 5 rings (SSSR count). The number of nitrogens with two attached hydrogens (primary N) is 1. The zero-order chi connectivity index (χ0) is 28.6. The first-order chi connectivity index (χ1) is 19.1. The summed E-state index contributed by atoms with van der Waals surface area (Å²) in [6.45, 7) is 0.296. The summed E-state index contributed by atoms with van der Waals surface area (Å²) in [5.41, 5.74) is 6.99. The van der Waals surface area contributed by atoms with Crippen molar-refractivity contribution in [2.45, 2.75) is 24.9 Å². The van der Waals surface area contributed by atoms with E-state index in [1.807, 2.05) is 0 Å². The number of anilines is 2. The number of aliphatic hydroxyl groups is 1. The largest absolute Gasteiger partial charge is 0.416 e. The molecule has 14 heteroatoms. The summed E-state index contributed by atoms with van der Waals surface area (Å²) in [4.78, 5) is 39.2. The summed E-state index contributed by atoms with van der Waals surface area (Å²) in [5.74, 6) is -0.675. The van der Waals surface area contributed by atoms with Crippen molar-refractivity contribution in [1.82, 2.24) is 24.3 Å². The van der Waals surface area contributed by atoms with Crippen LogP contribution in [0.15, 0.2) is 48.8 Å². The number of carbonyl (C=O) groups is 2. The Balaban J connectivity index is 1.46. The SMILES string of the molecule is Nc1ncc(Cl)n2c([C@@H]3CCCN(C(=O)CO)C3)nc(-c3ccc(C(=O)Nc4cc(C(F)(F)F)ccn4)cc3)c12. The van der Waals surface area contributed by atoms with Gasteiger partial charge in [0, 0.05) is 36.3 Å². The lowest BCUT2D eigenvalue weighted by Gasteiger charge is -2.31. The molecule has 1 fully saturated rings. The van der Waals surface area contributed by atoms with E-state index in [1.54, 1.807) is 21.4 Å². The number of halogens is 4. The van der Waals surface area contributed by atoms with E-state index in [-0.39, 0.29) is 34.2 Å². The summed E-state index contributed by atoms with van der Waals surface area (Å²) < 4.78 is 40.7. The van der Waals surface area contributed by atoms with E-state index in [2.05, 4.69) is 15.3 Å². The highest BCUT2D eigenvalue weighted by Crippen LogP contribution is 2.36. The van der Waals surface area contributed by atoms with E-state index in [0.717, 1.165) is 24.8 Å². The zero-order valence-electron chi connectivity index (χ0n) is 20.8. The van der Waals surface area contributed by atoms with Crippen LogP contribution < -0.4 is 11.1 Å². The van der Waals surface area contributed by atoms with Crippen molar-refractivity contribution in [2.24, 2.45) is 0 Å². The van der Waals surface area contributed by atoms with Crippen LogP contribution in [0.1, 0.15) is 40.5 Å². The number of carbonyl (C=O) groups excluding carboxylic acids is 2. The third-order valence-electron chi connectivity index (χ3n) is 6.69. The number of nitrogens with one attached hydrogen (secondary N) is 1. The zero-order valence-corrected chi connectivity index (χ0v) is 21.6.